The van der Waals surface area contributed by atoms with Gasteiger partial charge in [0.2, 0.25) is 0 Å². The lowest BCUT2D eigenvalue weighted by Gasteiger charge is -2.15. The van der Waals surface area contributed by atoms with Gasteiger partial charge in [0.25, 0.3) is 0 Å². The summed E-state index contributed by atoms with van der Waals surface area (Å²) in [5.74, 6) is 1.06. The van der Waals surface area contributed by atoms with Crippen molar-refractivity contribution in [3.63, 3.8) is 0 Å². The van der Waals surface area contributed by atoms with Crippen molar-refractivity contribution in [2.75, 3.05) is 14.1 Å². The molecule has 21 heavy (non-hydrogen) atoms. The maximum absolute atomic E-state index is 5.99. The van der Waals surface area contributed by atoms with E-state index in [1.807, 2.05) is 44.6 Å². The molecule has 3 heteroatoms. The Hall–Kier alpha value is -2.06. The normalized spacial score (nSPS) is 13.9. The highest BCUT2D eigenvalue weighted by Gasteiger charge is 2.15. The first-order valence-electron chi connectivity index (χ1n) is 6.93. The maximum atomic E-state index is 5.99. The van der Waals surface area contributed by atoms with Crippen molar-refractivity contribution in [2.45, 2.75) is 6.42 Å². The second kappa shape index (κ2) is 5.74. The number of amidine groups is 1. The molecule has 0 spiro atoms. The van der Waals surface area contributed by atoms with Gasteiger partial charge in [-0.2, -0.15) is 0 Å². The third-order valence-electron chi connectivity index (χ3n) is 3.67. The molecule has 0 unspecified atom stereocenters. The van der Waals surface area contributed by atoms with E-state index in [0.717, 1.165) is 28.4 Å². The predicted molar refractivity (Wildman–Crippen MR) is 89.8 cm³/mol. The lowest BCUT2D eigenvalue weighted by Crippen LogP contribution is -2.23. The van der Waals surface area contributed by atoms with Gasteiger partial charge < -0.3 is 4.90 Å². The topological polar surface area (TPSA) is 15.6 Å². The number of rotatable bonds is 1. The molecule has 1 aliphatic heterocycles. The first-order chi connectivity index (χ1) is 10.1. The Kier molecular flexibility index (Phi) is 3.80. The van der Waals surface area contributed by atoms with Gasteiger partial charge in [-0.05, 0) is 28.8 Å². The summed E-state index contributed by atoms with van der Waals surface area (Å²) in [6, 6.07) is 16.4. The molecule has 0 radical (unpaired) electrons. The first-order valence-corrected chi connectivity index (χ1v) is 7.31. The molecule has 0 aliphatic carbocycles. The highest BCUT2D eigenvalue weighted by Crippen LogP contribution is 2.29. The number of halogens is 1. The van der Waals surface area contributed by atoms with Crippen molar-refractivity contribution in [2.24, 2.45) is 4.99 Å². The van der Waals surface area contributed by atoms with Crippen LogP contribution in [0.3, 0.4) is 0 Å². The molecular weight excluding hydrogens is 280 g/mol. The Balaban J connectivity index is 2.15. The summed E-state index contributed by atoms with van der Waals surface area (Å²) in [6.07, 6.45) is 2.81. The number of fused-ring (bicyclic) bond motifs is 1. The molecule has 2 aromatic carbocycles. The summed E-state index contributed by atoms with van der Waals surface area (Å²) in [6.45, 7) is 0. The zero-order chi connectivity index (χ0) is 14.8. The van der Waals surface area contributed by atoms with Gasteiger partial charge in [0.05, 0.1) is 0 Å². The smallest absolute Gasteiger partial charge is 0.108 e. The van der Waals surface area contributed by atoms with Gasteiger partial charge in [-0.25, -0.2) is 4.99 Å². The quantitative estimate of drug-likeness (QED) is 0.768. The summed E-state index contributed by atoms with van der Waals surface area (Å²) < 4.78 is 0. The average molecular weight is 297 g/mol. The van der Waals surface area contributed by atoms with Crippen LogP contribution in [0.2, 0.25) is 5.02 Å². The highest BCUT2D eigenvalue weighted by molar-refractivity contribution is 6.30. The van der Waals surface area contributed by atoms with E-state index in [2.05, 4.69) is 34.2 Å². The largest absolute Gasteiger partial charge is 0.366 e. The van der Waals surface area contributed by atoms with Gasteiger partial charge in [0, 0.05) is 37.3 Å². The minimum absolute atomic E-state index is 0.749. The molecule has 0 N–H and O–H groups in total. The van der Waals surface area contributed by atoms with E-state index in [9.17, 15) is 0 Å². The van der Waals surface area contributed by atoms with E-state index in [1.165, 1.54) is 11.1 Å². The number of nitrogens with zero attached hydrogens (tertiary/aromatic N) is 2. The van der Waals surface area contributed by atoms with Crippen LogP contribution in [-0.4, -0.2) is 24.8 Å². The van der Waals surface area contributed by atoms with Crippen LogP contribution >= 0.6 is 11.6 Å². The van der Waals surface area contributed by atoms with E-state index in [-0.39, 0.29) is 0 Å². The van der Waals surface area contributed by atoms with Gasteiger partial charge in [-0.3, -0.25) is 0 Å². The van der Waals surface area contributed by atoms with Crippen LogP contribution in [0.5, 0.6) is 0 Å². The fourth-order valence-electron chi connectivity index (χ4n) is 2.49. The molecule has 0 saturated heterocycles. The molecule has 2 nitrogen and oxygen atoms in total. The molecular formula is C18H17ClN2. The van der Waals surface area contributed by atoms with E-state index < -0.39 is 0 Å². The zero-order valence-corrected chi connectivity index (χ0v) is 12.9. The lowest BCUT2D eigenvalue weighted by atomic mass is 9.94. The number of hydrogen-bond donors (Lipinski definition) is 0. The molecule has 1 aliphatic rings. The van der Waals surface area contributed by atoms with Crippen LogP contribution in [0.15, 0.2) is 59.7 Å². The molecule has 3 rings (SSSR count). The average Bonchev–Trinajstić information content (AvgIpc) is 2.68. The second-order valence-electron chi connectivity index (χ2n) is 5.32. The van der Waals surface area contributed by atoms with Crippen molar-refractivity contribution in [3.05, 3.63) is 76.4 Å². The molecule has 0 fully saturated rings. The molecule has 0 saturated carbocycles. The van der Waals surface area contributed by atoms with Gasteiger partial charge in [-0.15, -0.1) is 0 Å². The van der Waals surface area contributed by atoms with E-state index in [0.29, 0.717) is 0 Å². The number of hydrogen-bond acceptors (Lipinski definition) is 2. The van der Waals surface area contributed by atoms with Gasteiger partial charge in [0.1, 0.15) is 5.84 Å². The van der Waals surface area contributed by atoms with Crippen molar-refractivity contribution in [1.29, 1.82) is 0 Å². The second-order valence-corrected chi connectivity index (χ2v) is 5.76. The van der Waals surface area contributed by atoms with Crippen LogP contribution < -0.4 is 0 Å². The van der Waals surface area contributed by atoms with E-state index >= 15 is 0 Å². The molecule has 0 aromatic heterocycles. The Bertz CT molecular complexity index is 712. The minimum atomic E-state index is 0.749. The molecule has 2 aromatic rings. The zero-order valence-electron chi connectivity index (χ0n) is 12.2. The summed E-state index contributed by atoms with van der Waals surface area (Å²) in [4.78, 5) is 6.73. The van der Waals surface area contributed by atoms with Crippen molar-refractivity contribution in [3.8, 4) is 0 Å². The molecule has 0 amide bonds. The van der Waals surface area contributed by atoms with Crippen molar-refractivity contribution in [1.82, 2.24) is 4.90 Å². The fourth-order valence-corrected chi connectivity index (χ4v) is 2.62. The van der Waals surface area contributed by atoms with Crippen LogP contribution in [0.25, 0.3) is 5.57 Å². The van der Waals surface area contributed by atoms with Crippen LogP contribution in [-0.2, 0) is 6.42 Å². The van der Waals surface area contributed by atoms with Gasteiger partial charge >= 0.3 is 0 Å². The van der Waals surface area contributed by atoms with E-state index in [4.69, 9.17) is 11.6 Å². The molecule has 0 bridgehead atoms. The summed E-state index contributed by atoms with van der Waals surface area (Å²) >= 11 is 5.99. The standard InChI is InChI=1S/C18H17ClN2/c1-21(2)18-11-14-5-3-4-6-16(14)17(12-20-18)13-7-9-15(19)10-8-13/h3-10,12H,11H2,1-2H3. The number of benzene rings is 2. The minimum Gasteiger partial charge on any atom is -0.366 e. The third-order valence-corrected chi connectivity index (χ3v) is 3.92. The number of aliphatic imine (C=N–C) groups is 1. The summed E-state index contributed by atoms with van der Waals surface area (Å²) in [5.41, 5.74) is 4.80. The fraction of sp³-hybridized carbons (Fsp3) is 0.167. The Morgan fingerprint density at radius 1 is 1.00 bits per heavy atom. The first kappa shape index (κ1) is 13.9. The van der Waals surface area contributed by atoms with Crippen LogP contribution in [0, 0.1) is 0 Å². The SMILES string of the molecule is CN(C)C1=NC=C(c2ccc(Cl)cc2)c2ccccc2C1. The molecule has 0 atom stereocenters. The van der Waals surface area contributed by atoms with E-state index in [1.54, 1.807) is 0 Å². The predicted octanol–water partition coefficient (Wildman–Crippen LogP) is 4.25. The van der Waals surface area contributed by atoms with Crippen LogP contribution in [0.1, 0.15) is 16.7 Å². The number of likely N-dealkylation sites (N-methyl/N-ethyl adjacent to an activating group) is 1. The van der Waals surface area contributed by atoms with Crippen molar-refractivity contribution < 1.29 is 0 Å². The monoisotopic (exact) mass is 296 g/mol. The van der Waals surface area contributed by atoms with Gasteiger partial charge in [0.15, 0.2) is 0 Å². The lowest BCUT2D eigenvalue weighted by molar-refractivity contribution is 0.610. The summed E-state index contributed by atoms with van der Waals surface area (Å²) in [5, 5.41) is 0.749. The summed E-state index contributed by atoms with van der Waals surface area (Å²) in [7, 11) is 4.06. The van der Waals surface area contributed by atoms with Gasteiger partial charge in [-0.1, -0.05) is 48.0 Å². The maximum Gasteiger partial charge on any atom is 0.108 e. The molecule has 1 heterocycles. The highest BCUT2D eigenvalue weighted by atomic mass is 35.5. The third kappa shape index (κ3) is 2.86. The molecule has 106 valence electrons. The Labute approximate surface area is 130 Å². The Morgan fingerprint density at radius 2 is 1.71 bits per heavy atom. The Morgan fingerprint density at radius 3 is 2.43 bits per heavy atom. The van der Waals surface area contributed by atoms with Crippen LogP contribution in [0.4, 0.5) is 0 Å². The van der Waals surface area contributed by atoms with Crippen molar-refractivity contribution >= 4 is 23.0 Å².